The molecule has 2 rings (SSSR count). The summed E-state index contributed by atoms with van der Waals surface area (Å²) in [7, 11) is -2.89. The first-order valence-electron chi connectivity index (χ1n) is 6.06. The Morgan fingerprint density at radius 2 is 1.88 bits per heavy atom. The fourth-order valence-corrected chi connectivity index (χ4v) is 3.61. The monoisotopic (exact) mass is 253 g/mol. The van der Waals surface area contributed by atoms with Crippen molar-refractivity contribution in [3.05, 3.63) is 30.3 Å². The molecule has 0 spiro atoms. The maximum Gasteiger partial charge on any atom is 0.150 e. The Bertz CT molecular complexity index is 456. The average molecular weight is 253 g/mol. The quantitative estimate of drug-likeness (QED) is 0.900. The number of hydrogen-bond donors (Lipinski definition) is 1. The maximum absolute atomic E-state index is 11.6. The summed E-state index contributed by atoms with van der Waals surface area (Å²) in [5, 5.41) is 3.25. The summed E-state index contributed by atoms with van der Waals surface area (Å²) in [4.78, 5) is 0. The van der Waals surface area contributed by atoms with Crippen LogP contribution in [0, 0.1) is 0 Å². The molecule has 1 aromatic rings. The van der Waals surface area contributed by atoms with Gasteiger partial charge < -0.3 is 5.32 Å². The first kappa shape index (κ1) is 12.4. The van der Waals surface area contributed by atoms with Crippen molar-refractivity contribution in [2.24, 2.45) is 0 Å². The van der Waals surface area contributed by atoms with E-state index in [2.05, 4.69) is 5.32 Å². The molecule has 94 valence electrons. The maximum atomic E-state index is 11.6. The van der Waals surface area contributed by atoms with Crippen LogP contribution in [0.1, 0.15) is 25.7 Å². The summed E-state index contributed by atoms with van der Waals surface area (Å²) in [6.45, 7) is 0. The largest absolute Gasteiger partial charge is 0.382 e. The molecule has 3 nitrogen and oxygen atoms in total. The standard InChI is InChI=1S/C13H19NO2S/c1-17(15,16)13-9-5-8-12(10-13)14-11-6-3-2-4-7-11/h2-4,6-7,12-14H,5,8-10H2,1H3. The van der Waals surface area contributed by atoms with Gasteiger partial charge in [-0.1, -0.05) is 24.6 Å². The number of anilines is 1. The van der Waals surface area contributed by atoms with E-state index < -0.39 is 9.84 Å². The van der Waals surface area contributed by atoms with Crippen LogP contribution in [0.15, 0.2) is 30.3 Å². The normalized spacial score (nSPS) is 25.5. The highest BCUT2D eigenvalue weighted by Gasteiger charge is 2.28. The zero-order chi connectivity index (χ0) is 12.3. The van der Waals surface area contributed by atoms with Gasteiger partial charge in [-0.3, -0.25) is 0 Å². The zero-order valence-corrected chi connectivity index (χ0v) is 10.9. The Labute approximate surface area is 103 Å². The molecule has 4 heteroatoms. The molecule has 0 aromatic heterocycles. The van der Waals surface area contributed by atoms with Gasteiger partial charge in [0.2, 0.25) is 0 Å². The molecule has 1 saturated carbocycles. The van der Waals surface area contributed by atoms with E-state index >= 15 is 0 Å². The summed E-state index contributed by atoms with van der Waals surface area (Å²) in [6, 6.07) is 10.3. The van der Waals surface area contributed by atoms with E-state index in [0.717, 1.165) is 31.4 Å². The molecule has 1 aliphatic rings. The molecular weight excluding hydrogens is 234 g/mol. The van der Waals surface area contributed by atoms with Gasteiger partial charge >= 0.3 is 0 Å². The minimum atomic E-state index is -2.89. The van der Waals surface area contributed by atoms with Crippen LogP contribution in [0.4, 0.5) is 5.69 Å². The average Bonchev–Trinajstić information content (AvgIpc) is 2.29. The molecule has 17 heavy (non-hydrogen) atoms. The van der Waals surface area contributed by atoms with E-state index in [9.17, 15) is 8.42 Å². The zero-order valence-electron chi connectivity index (χ0n) is 10.1. The third-order valence-corrected chi connectivity index (χ3v) is 5.02. The fraction of sp³-hybridized carbons (Fsp3) is 0.538. The first-order valence-corrected chi connectivity index (χ1v) is 8.01. The topological polar surface area (TPSA) is 46.2 Å². The van der Waals surface area contributed by atoms with Crippen LogP contribution in [0.25, 0.3) is 0 Å². The van der Waals surface area contributed by atoms with Crippen LogP contribution in [0.3, 0.4) is 0 Å². The molecule has 0 saturated heterocycles. The second-order valence-corrected chi connectivity index (χ2v) is 7.15. The summed E-state index contributed by atoms with van der Waals surface area (Å²) < 4.78 is 23.1. The van der Waals surface area contributed by atoms with Crippen LogP contribution in [-0.4, -0.2) is 26.0 Å². The summed E-state index contributed by atoms with van der Waals surface area (Å²) >= 11 is 0. The lowest BCUT2D eigenvalue weighted by atomic mass is 9.95. The number of para-hydroxylation sites is 1. The third-order valence-electron chi connectivity index (χ3n) is 3.38. The number of hydrogen-bond acceptors (Lipinski definition) is 3. The lowest BCUT2D eigenvalue weighted by Crippen LogP contribution is -2.34. The number of sulfone groups is 1. The molecule has 0 heterocycles. The molecular formula is C13H19NO2S. The molecule has 2 unspecified atom stereocenters. The Balaban J connectivity index is 1.99. The summed E-state index contributed by atoms with van der Waals surface area (Å²) in [5.74, 6) is 0. The van der Waals surface area contributed by atoms with Crippen LogP contribution in [0.2, 0.25) is 0 Å². The molecule has 1 aliphatic carbocycles. The fourth-order valence-electron chi connectivity index (χ4n) is 2.44. The van der Waals surface area contributed by atoms with Crippen LogP contribution in [-0.2, 0) is 9.84 Å². The second kappa shape index (κ2) is 5.08. The van der Waals surface area contributed by atoms with Crippen molar-refractivity contribution < 1.29 is 8.42 Å². The Kier molecular flexibility index (Phi) is 3.72. The van der Waals surface area contributed by atoms with Crippen LogP contribution >= 0.6 is 0 Å². The van der Waals surface area contributed by atoms with E-state index in [1.807, 2.05) is 30.3 Å². The lowest BCUT2D eigenvalue weighted by molar-refractivity contribution is 0.453. The predicted molar refractivity (Wildman–Crippen MR) is 71.0 cm³/mol. The highest BCUT2D eigenvalue weighted by molar-refractivity contribution is 7.91. The van der Waals surface area contributed by atoms with E-state index in [4.69, 9.17) is 0 Å². The van der Waals surface area contributed by atoms with Crippen molar-refractivity contribution in [2.75, 3.05) is 11.6 Å². The smallest absolute Gasteiger partial charge is 0.150 e. The number of rotatable bonds is 3. The highest BCUT2D eigenvalue weighted by Crippen LogP contribution is 2.26. The van der Waals surface area contributed by atoms with Gasteiger partial charge in [-0.25, -0.2) is 8.42 Å². The van der Waals surface area contributed by atoms with Crippen molar-refractivity contribution in [3.8, 4) is 0 Å². The Hall–Kier alpha value is -1.03. The van der Waals surface area contributed by atoms with Gasteiger partial charge in [0, 0.05) is 18.0 Å². The van der Waals surface area contributed by atoms with Gasteiger partial charge in [0.25, 0.3) is 0 Å². The van der Waals surface area contributed by atoms with Crippen LogP contribution in [0.5, 0.6) is 0 Å². The van der Waals surface area contributed by atoms with Crippen molar-refractivity contribution in [1.82, 2.24) is 0 Å². The predicted octanol–water partition coefficient (Wildman–Crippen LogP) is 2.45. The van der Waals surface area contributed by atoms with Crippen molar-refractivity contribution in [1.29, 1.82) is 0 Å². The molecule has 1 N–H and O–H groups in total. The number of benzene rings is 1. The molecule has 0 aliphatic heterocycles. The Morgan fingerprint density at radius 3 is 2.53 bits per heavy atom. The molecule has 0 amide bonds. The van der Waals surface area contributed by atoms with Gasteiger partial charge in [-0.2, -0.15) is 0 Å². The molecule has 1 fully saturated rings. The lowest BCUT2D eigenvalue weighted by Gasteiger charge is -2.29. The van der Waals surface area contributed by atoms with Gasteiger partial charge in [-0.15, -0.1) is 0 Å². The van der Waals surface area contributed by atoms with Gasteiger partial charge in [0.05, 0.1) is 5.25 Å². The third kappa shape index (κ3) is 3.46. The molecule has 1 aromatic carbocycles. The number of nitrogens with one attached hydrogen (secondary N) is 1. The minimum absolute atomic E-state index is 0.169. The molecule has 0 bridgehead atoms. The SMILES string of the molecule is CS(=O)(=O)C1CCCC(Nc2ccccc2)C1. The highest BCUT2D eigenvalue weighted by atomic mass is 32.2. The van der Waals surface area contributed by atoms with Crippen molar-refractivity contribution in [3.63, 3.8) is 0 Å². The van der Waals surface area contributed by atoms with E-state index in [-0.39, 0.29) is 11.3 Å². The first-order chi connectivity index (χ1) is 8.05. The van der Waals surface area contributed by atoms with Gasteiger partial charge in [-0.05, 0) is 31.4 Å². The summed E-state index contributed by atoms with van der Waals surface area (Å²) in [6.07, 6.45) is 4.94. The Morgan fingerprint density at radius 1 is 1.18 bits per heavy atom. The van der Waals surface area contributed by atoms with E-state index in [0.29, 0.717) is 0 Å². The van der Waals surface area contributed by atoms with Crippen molar-refractivity contribution in [2.45, 2.75) is 37.0 Å². The van der Waals surface area contributed by atoms with Gasteiger partial charge in [0.15, 0.2) is 0 Å². The molecule has 2 atom stereocenters. The van der Waals surface area contributed by atoms with Crippen molar-refractivity contribution >= 4 is 15.5 Å². The van der Waals surface area contributed by atoms with Gasteiger partial charge in [0.1, 0.15) is 9.84 Å². The van der Waals surface area contributed by atoms with E-state index in [1.165, 1.54) is 6.26 Å². The van der Waals surface area contributed by atoms with Crippen LogP contribution < -0.4 is 5.32 Å². The minimum Gasteiger partial charge on any atom is -0.382 e. The second-order valence-electron chi connectivity index (χ2n) is 4.83. The van der Waals surface area contributed by atoms with E-state index in [1.54, 1.807) is 0 Å². The summed E-state index contributed by atoms with van der Waals surface area (Å²) in [5.41, 5.74) is 1.08. The molecule has 0 radical (unpaired) electrons.